The van der Waals surface area contributed by atoms with Crippen molar-refractivity contribution in [1.82, 2.24) is 11.0 Å². The Hall–Kier alpha value is -3.34. The monoisotopic (exact) mass is 386 g/mol. The quantitative estimate of drug-likeness (QED) is 0.363. The van der Waals surface area contributed by atoms with E-state index in [0.29, 0.717) is 13.2 Å². The molecule has 3 aromatic carbocycles. The van der Waals surface area contributed by atoms with Crippen molar-refractivity contribution in [2.24, 2.45) is 0 Å². The summed E-state index contributed by atoms with van der Waals surface area (Å²) in [7, 11) is 0. The summed E-state index contributed by atoms with van der Waals surface area (Å²) in [5.41, 5.74) is 11.1. The highest BCUT2D eigenvalue weighted by atomic mass is 16.6. The molecule has 0 aliphatic carbocycles. The van der Waals surface area contributed by atoms with Gasteiger partial charge in [0.2, 0.25) is 0 Å². The smallest absolute Gasteiger partial charge is 0.0996 e. The summed E-state index contributed by atoms with van der Waals surface area (Å²) < 4.78 is 0. The standard InChI is InChI=1S/C25H26N2O2/c1-21(26-28-19-22-11-5-2-6-12-22)17-18-25(24-15-9-4-10-16-24)27-29-20-23-13-7-3-8-14-23/h2-18,26-27H,19-20H2,1H3. The summed E-state index contributed by atoms with van der Waals surface area (Å²) in [5.74, 6) is 0. The SMILES string of the molecule is CC(=CC=C(NOCc1ccccc1)c1ccccc1)NOCc1ccccc1. The molecule has 0 bridgehead atoms. The second-order valence-electron chi connectivity index (χ2n) is 6.55. The minimum atomic E-state index is 0.478. The zero-order chi connectivity index (χ0) is 20.2. The van der Waals surface area contributed by atoms with E-state index in [1.165, 1.54) is 0 Å². The van der Waals surface area contributed by atoms with Crippen LogP contribution in [-0.2, 0) is 22.9 Å². The van der Waals surface area contributed by atoms with Gasteiger partial charge in [0.05, 0.1) is 18.9 Å². The lowest BCUT2D eigenvalue weighted by Crippen LogP contribution is -2.14. The summed E-state index contributed by atoms with van der Waals surface area (Å²) >= 11 is 0. The van der Waals surface area contributed by atoms with Gasteiger partial charge in [-0.3, -0.25) is 20.6 Å². The Labute approximate surface area is 172 Å². The topological polar surface area (TPSA) is 42.5 Å². The van der Waals surface area contributed by atoms with Crippen LogP contribution in [0.4, 0.5) is 0 Å². The van der Waals surface area contributed by atoms with Crippen molar-refractivity contribution in [2.75, 3.05) is 0 Å². The maximum Gasteiger partial charge on any atom is 0.0996 e. The van der Waals surface area contributed by atoms with Crippen LogP contribution in [0.2, 0.25) is 0 Å². The Bertz CT molecular complexity index is 907. The van der Waals surface area contributed by atoms with Crippen LogP contribution in [0.1, 0.15) is 23.6 Å². The molecule has 29 heavy (non-hydrogen) atoms. The van der Waals surface area contributed by atoms with Gasteiger partial charge < -0.3 is 0 Å². The van der Waals surface area contributed by atoms with E-state index in [1.807, 2.05) is 110 Å². The van der Waals surface area contributed by atoms with Gasteiger partial charge >= 0.3 is 0 Å². The lowest BCUT2D eigenvalue weighted by molar-refractivity contribution is 0.0493. The Morgan fingerprint density at radius 3 is 1.69 bits per heavy atom. The molecule has 0 saturated heterocycles. The number of nitrogens with one attached hydrogen (secondary N) is 2. The summed E-state index contributed by atoms with van der Waals surface area (Å²) in [4.78, 5) is 11.3. The van der Waals surface area contributed by atoms with Crippen LogP contribution in [0.15, 0.2) is 109 Å². The largest absolute Gasteiger partial charge is 0.272 e. The van der Waals surface area contributed by atoms with Crippen molar-refractivity contribution in [1.29, 1.82) is 0 Å². The first kappa shape index (κ1) is 20.4. The maximum atomic E-state index is 5.71. The lowest BCUT2D eigenvalue weighted by atomic mass is 10.1. The molecule has 0 fully saturated rings. The van der Waals surface area contributed by atoms with Crippen LogP contribution >= 0.6 is 0 Å². The molecule has 0 spiro atoms. The average Bonchev–Trinajstić information content (AvgIpc) is 2.78. The fraction of sp³-hybridized carbons (Fsp3) is 0.120. The Morgan fingerprint density at radius 1 is 0.655 bits per heavy atom. The van der Waals surface area contributed by atoms with Crippen molar-refractivity contribution in [3.8, 4) is 0 Å². The molecule has 0 aromatic heterocycles. The molecule has 0 heterocycles. The van der Waals surface area contributed by atoms with Gasteiger partial charge in [-0.25, -0.2) is 0 Å². The maximum absolute atomic E-state index is 5.71. The zero-order valence-electron chi connectivity index (χ0n) is 16.5. The molecule has 0 aliphatic rings. The molecule has 3 rings (SSSR count). The fourth-order valence-electron chi connectivity index (χ4n) is 2.63. The molecule has 148 valence electrons. The summed E-state index contributed by atoms with van der Waals surface area (Å²) in [6, 6.07) is 30.2. The number of rotatable bonds is 10. The summed E-state index contributed by atoms with van der Waals surface area (Å²) in [5, 5.41) is 0. The van der Waals surface area contributed by atoms with Crippen molar-refractivity contribution in [3.05, 3.63) is 126 Å². The molecule has 3 aromatic rings. The van der Waals surface area contributed by atoms with Crippen molar-refractivity contribution in [2.45, 2.75) is 20.1 Å². The van der Waals surface area contributed by atoms with Crippen LogP contribution in [-0.4, -0.2) is 0 Å². The third kappa shape index (κ3) is 7.30. The summed E-state index contributed by atoms with van der Waals surface area (Å²) in [6.45, 7) is 2.93. The van der Waals surface area contributed by atoms with E-state index in [4.69, 9.17) is 9.68 Å². The second-order valence-corrected chi connectivity index (χ2v) is 6.55. The number of allylic oxidation sites excluding steroid dienone is 3. The molecule has 0 unspecified atom stereocenters. The van der Waals surface area contributed by atoms with Gasteiger partial charge in [0.25, 0.3) is 0 Å². The van der Waals surface area contributed by atoms with Crippen LogP contribution in [0.25, 0.3) is 5.70 Å². The number of hydroxylamine groups is 2. The molecular weight excluding hydrogens is 360 g/mol. The first-order chi connectivity index (χ1) is 14.3. The van der Waals surface area contributed by atoms with Gasteiger partial charge in [0.1, 0.15) is 0 Å². The lowest BCUT2D eigenvalue weighted by Gasteiger charge is -2.12. The first-order valence-corrected chi connectivity index (χ1v) is 9.59. The van der Waals surface area contributed by atoms with E-state index in [1.54, 1.807) is 0 Å². The first-order valence-electron chi connectivity index (χ1n) is 9.59. The highest BCUT2D eigenvalue weighted by Crippen LogP contribution is 2.12. The average molecular weight is 386 g/mol. The number of benzene rings is 3. The molecule has 0 radical (unpaired) electrons. The van der Waals surface area contributed by atoms with Crippen LogP contribution in [0, 0.1) is 0 Å². The van der Waals surface area contributed by atoms with Gasteiger partial charge in [-0.1, -0.05) is 91.0 Å². The van der Waals surface area contributed by atoms with E-state index in [9.17, 15) is 0 Å². The second kappa shape index (κ2) is 11.5. The molecule has 4 heteroatoms. The van der Waals surface area contributed by atoms with Gasteiger partial charge in [0, 0.05) is 5.70 Å². The Morgan fingerprint density at radius 2 is 1.14 bits per heavy atom. The molecule has 2 N–H and O–H groups in total. The minimum Gasteiger partial charge on any atom is -0.272 e. The normalized spacial score (nSPS) is 11.9. The van der Waals surface area contributed by atoms with Gasteiger partial charge in [-0.05, 0) is 35.8 Å². The molecular formula is C25H26N2O2. The van der Waals surface area contributed by atoms with Crippen molar-refractivity contribution >= 4 is 5.70 Å². The van der Waals surface area contributed by atoms with Gasteiger partial charge in [0.15, 0.2) is 0 Å². The number of hydrogen-bond acceptors (Lipinski definition) is 4. The van der Waals surface area contributed by atoms with Gasteiger partial charge in [-0.2, -0.15) is 0 Å². The minimum absolute atomic E-state index is 0.478. The van der Waals surface area contributed by atoms with E-state index < -0.39 is 0 Å². The van der Waals surface area contributed by atoms with Gasteiger partial charge in [-0.15, -0.1) is 0 Å². The fourth-order valence-corrected chi connectivity index (χ4v) is 2.63. The third-order valence-electron chi connectivity index (χ3n) is 4.16. The molecule has 0 aliphatic heterocycles. The van der Waals surface area contributed by atoms with Crippen LogP contribution in [0.3, 0.4) is 0 Å². The zero-order valence-corrected chi connectivity index (χ0v) is 16.5. The predicted molar refractivity (Wildman–Crippen MR) is 117 cm³/mol. The highest BCUT2D eigenvalue weighted by molar-refractivity contribution is 5.64. The van der Waals surface area contributed by atoms with E-state index >= 15 is 0 Å². The third-order valence-corrected chi connectivity index (χ3v) is 4.16. The molecule has 0 saturated carbocycles. The number of hydrogen-bond donors (Lipinski definition) is 2. The van der Waals surface area contributed by atoms with E-state index in [2.05, 4.69) is 11.0 Å². The molecule has 0 amide bonds. The predicted octanol–water partition coefficient (Wildman–Crippen LogP) is 5.37. The molecule has 0 atom stereocenters. The Balaban J connectivity index is 1.58. The Kier molecular flexibility index (Phi) is 8.08. The highest BCUT2D eigenvalue weighted by Gasteiger charge is 2.01. The van der Waals surface area contributed by atoms with E-state index in [-0.39, 0.29) is 0 Å². The summed E-state index contributed by atoms with van der Waals surface area (Å²) in [6.07, 6.45) is 3.92. The van der Waals surface area contributed by atoms with Crippen molar-refractivity contribution in [3.63, 3.8) is 0 Å². The van der Waals surface area contributed by atoms with Crippen LogP contribution in [0.5, 0.6) is 0 Å². The van der Waals surface area contributed by atoms with Crippen molar-refractivity contribution < 1.29 is 9.68 Å². The molecule has 4 nitrogen and oxygen atoms in total. The van der Waals surface area contributed by atoms with Crippen LogP contribution < -0.4 is 11.0 Å². The van der Waals surface area contributed by atoms with E-state index in [0.717, 1.165) is 28.1 Å².